The first-order valence-corrected chi connectivity index (χ1v) is 5.05. The summed E-state index contributed by atoms with van der Waals surface area (Å²) in [6, 6.07) is 2.00. The van der Waals surface area contributed by atoms with Gasteiger partial charge in [-0.2, -0.15) is 4.68 Å². The normalized spacial score (nSPS) is 10.8. The van der Waals surface area contributed by atoms with E-state index in [0.29, 0.717) is 0 Å². The first-order chi connectivity index (χ1) is 7.63. The molecule has 1 aromatic heterocycles. The van der Waals surface area contributed by atoms with Gasteiger partial charge in [0.25, 0.3) is 0 Å². The summed E-state index contributed by atoms with van der Waals surface area (Å²) >= 11 is 2.88. The maximum absolute atomic E-state index is 13.6. The molecule has 0 aliphatic heterocycles. The zero-order valence-electron chi connectivity index (χ0n) is 7.86. The van der Waals surface area contributed by atoms with Crippen LogP contribution in [0, 0.1) is 11.6 Å². The first-order valence-electron chi connectivity index (χ1n) is 4.25. The van der Waals surface area contributed by atoms with Crippen molar-refractivity contribution in [2.24, 2.45) is 5.73 Å². The van der Waals surface area contributed by atoms with E-state index in [9.17, 15) is 8.78 Å². The highest BCUT2D eigenvalue weighted by molar-refractivity contribution is 9.10. The van der Waals surface area contributed by atoms with Gasteiger partial charge in [-0.25, -0.2) is 8.78 Å². The fourth-order valence-corrected chi connectivity index (χ4v) is 1.51. The van der Waals surface area contributed by atoms with Crippen LogP contribution in [-0.2, 0) is 6.54 Å². The predicted octanol–water partition coefficient (Wildman–Crippen LogP) is 1.16. The second-order valence-electron chi connectivity index (χ2n) is 2.93. The number of benzene rings is 1. The molecular formula is C8H6BrF2N5. The van der Waals surface area contributed by atoms with E-state index in [0.717, 1.165) is 16.8 Å². The average Bonchev–Trinajstić information content (AvgIpc) is 2.71. The molecule has 1 heterocycles. The Morgan fingerprint density at radius 2 is 2.06 bits per heavy atom. The number of tetrazole rings is 1. The number of nitrogens with two attached hydrogens (primary N) is 1. The van der Waals surface area contributed by atoms with Crippen molar-refractivity contribution in [3.63, 3.8) is 0 Å². The van der Waals surface area contributed by atoms with Gasteiger partial charge in [-0.05, 0) is 32.4 Å². The molecule has 0 saturated carbocycles. The Bertz CT molecular complexity index is 527. The molecule has 0 fully saturated rings. The molecule has 5 nitrogen and oxygen atoms in total. The minimum atomic E-state index is -0.643. The number of nitrogens with zero attached hydrogens (tertiary/aromatic N) is 4. The summed E-state index contributed by atoms with van der Waals surface area (Å²) in [4.78, 5) is 0. The van der Waals surface area contributed by atoms with Crippen LogP contribution in [0.2, 0.25) is 0 Å². The monoisotopic (exact) mass is 289 g/mol. The third kappa shape index (κ3) is 1.81. The fraction of sp³-hybridized carbons (Fsp3) is 0.125. The Balaban J connectivity index is 2.60. The van der Waals surface area contributed by atoms with Crippen molar-refractivity contribution in [1.29, 1.82) is 0 Å². The van der Waals surface area contributed by atoms with E-state index in [1.807, 2.05) is 0 Å². The van der Waals surface area contributed by atoms with Gasteiger partial charge in [-0.15, -0.1) is 5.10 Å². The Morgan fingerprint density at radius 3 is 2.75 bits per heavy atom. The molecule has 84 valence electrons. The van der Waals surface area contributed by atoms with Gasteiger partial charge in [0, 0.05) is 6.07 Å². The van der Waals surface area contributed by atoms with E-state index in [1.54, 1.807) is 0 Å². The first kappa shape index (κ1) is 11.1. The third-order valence-corrected chi connectivity index (χ3v) is 2.54. The van der Waals surface area contributed by atoms with Gasteiger partial charge < -0.3 is 5.73 Å². The van der Waals surface area contributed by atoms with E-state index in [4.69, 9.17) is 5.73 Å². The molecule has 0 spiro atoms. The molecular weight excluding hydrogens is 284 g/mol. The molecule has 0 saturated heterocycles. The van der Waals surface area contributed by atoms with Crippen LogP contribution in [0.1, 0.15) is 5.82 Å². The van der Waals surface area contributed by atoms with Crippen molar-refractivity contribution >= 4 is 15.9 Å². The van der Waals surface area contributed by atoms with Gasteiger partial charge in [-0.1, -0.05) is 0 Å². The molecule has 0 atom stereocenters. The summed E-state index contributed by atoms with van der Waals surface area (Å²) in [5.41, 5.74) is 5.28. The van der Waals surface area contributed by atoms with Crippen molar-refractivity contribution in [1.82, 2.24) is 20.2 Å². The minimum absolute atomic E-state index is 0.0319. The van der Waals surface area contributed by atoms with Gasteiger partial charge >= 0.3 is 0 Å². The van der Waals surface area contributed by atoms with Gasteiger partial charge in [0.15, 0.2) is 5.82 Å². The minimum Gasteiger partial charge on any atom is -0.324 e. The van der Waals surface area contributed by atoms with Crippen LogP contribution in [0.3, 0.4) is 0 Å². The van der Waals surface area contributed by atoms with E-state index in [2.05, 4.69) is 31.5 Å². The zero-order valence-corrected chi connectivity index (χ0v) is 9.45. The molecule has 0 aliphatic carbocycles. The van der Waals surface area contributed by atoms with Crippen LogP contribution in [0.25, 0.3) is 5.69 Å². The van der Waals surface area contributed by atoms with Crippen molar-refractivity contribution in [3.8, 4) is 5.69 Å². The highest BCUT2D eigenvalue weighted by atomic mass is 79.9. The molecule has 2 aromatic rings. The summed E-state index contributed by atoms with van der Waals surface area (Å²) in [7, 11) is 0. The van der Waals surface area contributed by atoms with E-state index in [-0.39, 0.29) is 22.5 Å². The molecule has 0 radical (unpaired) electrons. The second-order valence-corrected chi connectivity index (χ2v) is 3.78. The predicted molar refractivity (Wildman–Crippen MR) is 54.7 cm³/mol. The van der Waals surface area contributed by atoms with Crippen LogP contribution in [0.5, 0.6) is 0 Å². The standard InChI is InChI=1S/C8H6BrF2N5/c9-4-1-6(11)7(2-5(4)10)16-8(3-12)13-14-15-16/h1-2H,3,12H2. The van der Waals surface area contributed by atoms with E-state index in [1.165, 1.54) is 0 Å². The molecule has 0 aliphatic rings. The summed E-state index contributed by atoms with van der Waals surface area (Å²) in [6.45, 7) is 0.0319. The SMILES string of the molecule is NCc1nnnn1-c1cc(F)c(Br)cc1F. The Hall–Kier alpha value is -1.41. The van der Waals surface area contributed by atoms with Crippen LogP contribution in [-0.4, -0.2) is 20.2 Å². The topological polar surface area (TPSA) is 69.6 Å². The van der Waals surface area contributed by atoms with Gasteiger partial charge in [0.1, 0.15) is 17.3 Å². The zero-order chi connectivity index (χ0) is 11.7. The summed E-state index contributed by atoms with van der Waals surface area (Å²) in [6.07, 6.45) is 0. The molecule has 1 aromatic carbocycles. The smallest absolute Gasteiger partial charge is 0.170 e. The summed E-state index contributed by atoms with van der Waals surface area (Å²) in [5, 5.41) is 10.5. The van der Waals surface area contributed by atoms with Crippen LogP contribution >= 0.6 is 15.9 Å². The lowest BCUT2D eigenvalue weighted by molar-refractivity contribution is 0.576. The largest absolute Gasteiger partial charge is 0.324 e. The lowest BCUT2D eigenvalue weighted by Crippen LogP contribution is -2.10. The van der Waals surface area contributed by atoms with Crippen molar-refractivity contribution < 1.29 is 8.78 Å². The highest BCUT2D eigenvalue weighted by Crippen LogP contribution is 2.22. The molecule has 0 amide bonds. The Labute approximate surface area is 97.4 Å². The second kappa shape index (κ2) is 4.22. The molecule has 8 heteroatoms. The average molecular weight is 290 g/mol. The molecule has 2 N–H and O–H groups in total. The third-order valence-electron chi connectivity index (χ3n) is 1.93. The fourth-order valence-electron chi connectivity index (χ4n) is 1.19. The molecule has 0 bridgehead atoms. The maximum Gasteiger partial charge on any atom is 0.170 e. The summed E-state index contributed by atoms with van der Waals surface area (Å²) in [5.74, 6) is -0.995. The van der Waals surface area contributed by atoms with Crippen LogP contribution in [0.4, 0.5) is 8.78 Å². The van der Waals surface area contributed by atoms with Gasteiger partial charge in [0.2, 0.25) is 0 Å². The van der Waals surface area contributed by atoms with Crippen molar-refractivity contribution in [3.05, 3.63) is 34.1 Å². The van der Waals surface area contributed by atoms with Crippen molar-refractivity contribution in [2.75, 3.05) is 0 Å². The highest BCUT2D eigenvalue weighted by Gasteiger charge is 2.14. The lowest BCUT2D eigenvalue weighted by Gasteiger charge is -2.05. The number of hydrogen-bond acceptors (Lipinski definition) is 4. The number of hydrogen-bond donors (Lipinski definition) is 1. The van der Waals surface area contributed by atoms with Gasteiger partial charge in [0.05, 0.1) is 11.0 Å². The molecule has 16 heavy (non-hydrogen) atoms. The maximum atomic E-state index is 13.6. The molecule has 0 unspecified atom stereocenters. The quantitative estimate of drug-likeness (QED) is 0.843. The number of halogens is 3. The Morgan fingerprint density at radius 1 is 1.31 bits per heavy atom. The van der Waals surface area contributed by atoms with Crippen LogP contribution < -0.4 is 5.73 Å². The Kier molecular flexibility index (Phi) is 2.92. The number of rotatable bonds is 2. The van der Waals surface area contributed by atoms with E-state index >= 15 is 0 Å². The van der Waals surface area contributed by atoms with Gasteiger partial charge in [-0.3, -0.25) is 0 Å². The molecule has 2 rings (SSSR count). The lowest BCUT2D eigenvalue weighted by atomic mass is 10.3. The summed E-state index contributed by atoms with van der Waals surface area (Å²) < 4.78 is 27.9. The van der Waals surface area contributed by atoms with E-state index < -0.39 is 11.6 Å². The number of aromatic nitrogens is 4. The van der Waals surface area contributed by atoms with Crippen molar-refractivity contribution in [2.45, 2.75) is 6.54 Å². The van der Waals surface area contributed by atoms with Crippen LogP contribution in [0.15, 0.2) is 16.6 Å².